The highest BCUT2D eigenvalue weighted by molar-refractivity contribution is 7.47. The smallest absolute Gasteiger partial charge is 0.462 e. The monoisotopic (exact) mass is 747 g/mol. The fraction of sp³-hybridized carbons (Fsp3) is 0.902. The molecule has 0 amide bonds. The lowest BCUT2D eigenvalue weighted by atomic mass is 10.0. The summed E-state index contributed by atoms with van der Waals surface area (Å²) in [5, 5.41) is 0. The lowest BCUT2D eigenvalue weighted by Crippen LogP contribution is -2.37. The second-order valence-electron chi connectivity index (χ2n) is 15.4. The number of phosphoric acid groups is 1. The second-order valence-corrected chi connectivity index (χ2v) is 16.8. The third-order valence-corrected chi connectivity index (χ3v) is 10.0. The van der Waals surface area contributed by atoms with Gasteiger partial charge in [0.05, 0.1) is 27.7 Å². The number of nitrogens with zero attached hydrogens (tertiary/aromatic N) is 1. The number of hydrogen-bond donors (Lipinski definition) is 1. The van der Waals surface area contributed by atoms with Crippen molar-refractivity contribution in [1.82, 2.24) is 0 Å². The first-order chi connectivity index (χ1) is 24.5. The number of likely N-dealkylation sites (N-methyl/N-ethyl adjacent to an activating group) is 1. The summed E-state index contributed by atoms with van der Waals surface area (Å²) in [6, 6.07) is 0. The Morgan fingerprint density at radius 3 is 1.49 bits per heavy atom. The van der Waals surface area contributed by atoms with E-state index in [4.69, 9.17) is 18.5 Å². The summed E-state index contributed by atoms with van der Waals surface area (Å²) in [6.07, 6.45) is 33.9. The first kappa shape index (κ1) is 49.8. The molecule has 0 saturated carbocycles. The highest BCUT2D eigenvalue weighted by Crippen LogP contribution is 2.43. The summed E-state index contributed by atoms with van der Waals surface area (Å²) < 4.78 is 34.2. The number of unbranched alkanes of at least 4 members (excludes halogenated alkanes) is 22. The standard InChI is InChI=1S/C41H80NO8P/c1-6-8-10-12-14-16-18-20-21-22-24-25-27-29-31-33-40(43)47-37-39(38-49-51(45,46)48-36-35-42(3,4)5)50-41(44)34-32-30-28-26-23-19-17-15-13-11-9-7-2/h15,17,39H,6-14,16,18-38H2,1-5H3/p+1/b17-15-. The molecule has 9 nitrogen and oxygen atoms in total. The van der Waals surface area contributed by atoms with Gasteiger partial charge in [-0.3, -0.25) is 18.6 Å². The number of ether oxygens (including phenoxy) is 2. The number of allylic oxidation sites excluding steroid dienone is 2. The van der Waals surface area contributed by atoms with Crippen molar-refractivity contribution in [2.45, 2.75) is 193 Å². The van der Waals surface area contributed by atoms with Crippen molar-refractivity contribution in [3.8, 4) is 0 Å². The largest absolute Gasteiger partial charge is 0.472 e. The van der Waals surface area contributed by atoms with Gasteiger partial charge in [-0.15, -0.1) is 0 Å². The summed E-state index contributed by atoms with van der Waals surface area (Å²) in [5.41, 5.74) is 0. The molecule has 0 aliphatic carbocycles. The molecule has 0 saturated heterocycles. The van der Waals surface area contributed by atoms with Crippen LogP contribution < -0.4 is 0 Å². The quantitative estimate of drug-likeness (QED) is 0.0219. The van der Waals surface area contributed by atoms with E-state index < -0.39 is 26.5 Å². The lowest BCUT2D eigenvalue weighted by molar-refractivity contribution is -0.870. The van der Waals surface area contributed by atoms with E-state index in [9.17, 15) is 19.0 Å². The van der Waals surface area contributed by atoms with E-state index >= 15 is 0 Å². The van der Waals surface area contributed by atoms with Gasteiger partial charge >= 0.3 is 19.8 Å². The zero-order valence-corrected chi connectivity index (χ0v) is 34.7. The molecule has 51 heavy (non-hydrogen) atoms. The van der Waals surface area contributed by atoms with Gasteiger partial charge in [0.1, 0.15) is 19.8 Å². The first-order valence-corrected chi connectivity index (χ1v) is 22.4. The van der Waals surface area contributed by atoms with Gasteiger partial charge < -0.3 is 18.9 Å². The number of rotatable bonds is 38. The molecule has 2 unspecified atom stereocenters. The summed E-state index contributed by atoms with van der Waals surface area (Å²) in [5.74, 6) is -0.802. The highest BCUT2D eigenvalue weighted by atomic mass is 31.2. The molecular formula is C41H81NO8P+. The van der Waals surface area contributed by atoms with Crippen molar-refractivity contribution in [2.24, 2.45) is 0 Å². The number of carbonyl (C=O) groups excluding carboxylic acids is 2. The van der Waals surface area contributed by atoms with E-state index in [2.05, 4.69) is 26.0 Å². The Morgan fingerprint density at radius 2 is 1.00 bits per heavy atom. The number of carbonyl (C=O) groups is 2. The van der Waals surface area contributed by atoms with Gasteiger partial charge in [-0.2, -0.15) is 0 Å². The van der Waals surface area contributed by atoms with E-state index in [1.165, 1.54) is 103 Å². The van der Waals surface area contributed by atoms with Crippen LogP contribution in [0.15, 0.2) is 12.2 Å². The van der Waals surface area contributed by atoms with E-state index in [0.717, 1.165) is 51.4 Å². The summed E-state index contributed by atoms with van der Waals surface area (Å²) in [7, 11) is 1.48. The number of quaternary nitrogens is 1. The SMILES string of the molecule is CCCCC/C=C\CCCCCCCC(=O)OC(COC(=O)CCCCCCCCCCCCCCCCC)COP(=O)(O)OCC[N+](C)(C)C. The van der Waals surface area contributed by atoms with Crippen LogP contribution in [0.3, 0.4) is 0 Å². The van der Waals surface area contributed by atoms with Gasteiger partial charge in [0.25, 0.3) is 0 Å². The van der Waals surface area contributed by atoms with Gasteiger partial charge in [-0.25, -0.2) is 4.57 Å². The molecule has 10 heteroatoms. The van der Waals surface area contributed by atoms with Crippen LogP contribution >= 0.6 is 7.82 Å². The van der Waals surface area contributed by atoms with Gasteiger partial charge in [-0.1, -0.05) is 148 Å². The average molecular weight is 747 g/mol. The van der Waals surface area contributed by atoms with Crippen LogP contribution in [0.1, 0.15) is 187 Å². The number of hydrogen-bond acceptors (Lipinski definition) is 7. The van der Waals surface area contributed by atoms with Crippen LogP contribution in [-0.2, 0) is 32.7 Å². The molecular weight excluding hydrogens is 665 g/mol. The van der Waals surface area contributed by atoms with Crippen molar-refractivity contribution < 1.29 is 42.1 Å². The average Bonchev–Trinajstić information content (AvgIpc) is 3.07. The van der Waals surface area contributed by atoms with Crippen molar-refractivity contribution in [3.05, 3.63) is 12.2 Å². The third kappa shape index (κ3) is 38.3. The minimum absolute atomic E-state index is 0.0330. The van der Waals surface area contributed by atoms with Crippen molar-refractivity contribution in [2.75, 3.05) is 47.5 Å². The first-order valence-electron chi connectivity index (χ1n) is 20.9. The molecule has 0 aliphatic rings. The van der Waals surface area contributed by atoms with Gasteiger partial charge in [0, 0.05) is 12.8 Å². The fourth-order valence-corrected chi connectivity index (χ4v) is 6.46. The second kappa shape index (κ2) is 34.5. The van der Waals surface area contributed by atoms with E-state index in [1.54, 1.807) is 0 Å². The van der Waals surface area contributed by atoms with Crippen molar-refractivity contribution in [3.63, 3.8) is 0 Å². The maximum absolute atomic E-state index is 12.6. The Bertz CT molecular complexity index is 891. The van der Waals surface area contributed by atoms with Gasteiger partial charge in [0.15, 0.2) is 6.10 Å². The highest BCUT2D eigenvalue weighted by Gasteiger charge is 2.27. The number of esters is 2. The Balaban J connectivity index is 4.36. The Hall–Kier alpha value is -1.25. The molecule has 0 spiro atoms. The van der Waals surface area contributed by atoms with Crippen LogP contribution in [0.2, 0.25) is 0 Å². The molecule has 0 heterocycles. The van der Waals surface area contributed by atoms with Crippen LogP contribution in [0, 0.1) is 0 Å². The summed E-state index contributed by atoms with van der Waals surface area (Å²) in [6.45, 7) is 4.40. The molecule has 0 aliphatic heterocycles. The Kier molecular flexibility index (Phi) is 33.7. The molecule has 1 N–H and O–H groups in total. The Labute approximate surface area is 314 Å². The molecule has 0 fully saturated rings. The minimum atomic E-state index is -4.37. The van der Waals surface area contributed by atoms with Crippen LogP contribution in [-0.4, -0.2) is 74.9 Å². The zero-order chi connectivity index (χ0) is 37.9. The molecule has 0 bridgehead atoms. The number of phosphoric ester groups is 1. The molecule has 0 rings (SSSR count). The molecule has 0 aromatic heterocycles. The van der Waals surface area contributed by atoms with E-state index in [0.29, 0.717) is 23.9 Å². The maximum Gasteiger partial charge on any atom is 0.472 e. The molecule has 0 aromatic carbocycles. The predicted molar refractivity (Wildman–Crippen MR) is 211 cm³/mol. The molecule has 0 radical (unpaired) electrons. The van der Waals surface area contributed by atoms with Crippen LogP contribution in [0.4, 0.5) is 0 Å². The van der Waals surface area contributed by atoms with Crippen LogP contribution in [0.25, 0.3) is 0 Å². The molecule has 0 aromatic rings. The van der Waals surface area contributed by atoms with Crippen molar-refractivity contribution in [1.29, 1.82) is 0 Å². The summed E-state index contributed by atoms with van der Waals surface area (Å²) >= 11 is 0. The molecule has 302 valence electrons. The predicted octanol–water partition coefficient (Wildman–Crippen LogP) is 11.4. The van der Waals surface area contributed by atoms with Gasteiger partial charge in [-0.05, 0) is 38.5 Å². The Morgan fingerprint density at radius 1 is 0.588 bits per heavy atom. The summed E-state index contributed by atoms with van der Waals surface area (Å²) in [4.78, 5) is 35.2. The third-order valence-electron chi connectivity index (χ3n) is 9.05. The minimum Gasteiger partial charge on any atom is -0.462 e. The fourth-order valence-electron chi connectivity index (χ4n) is 5.71. The van der Waals surface area contributed by atoms with E-state index in [-0.39, 0.29) is 25.6 Å². The van der Waals surface area contributed by atoms with Crippen molar-refractivity contribution >= 4 is 19.8 Å². The zero-order valence-electron chi connectivity index (χ0n) is 33.9. The topological polar surface area (TPSA) is 108 Å². The normalized spacial score (nSPS) is 13.8. The molecule has 2 atom stereocenters. The van der Waals surface area contributed by atoms with Gasteiger partial charge in [0.2, 0.25) is 0 Å². The lowest BCUT2D eigenvalue weighted by Gasteiger charge is -2.24. The van der Waals surface area contributed by atoms with Crippen LogP contribution in [0.5, 0.6) is 0 Å². The van der Waals surface area contributed by atoms with E-state index in [1.807, 2.05) is 21.1 Å². The maximum atomic E-state index is 12.6.